The van der Waals surface area contributed by atoms with Crippen molar-refractivity contribution in [2.45, 2.75) is 4.34 Å². The zero-order chi connectivity index (χ0) is 9.97. The molecule has 6 heteroatoms. The van der Waals surface area contributed by atoms with Crippen molar-refractivity contribution in [2.24, 2.45) is 0 Å². The summed E-state index contributed by atoms with van der Waals surface area (Å²) in [4.78, 5) is 9.07. The van der Waals surface area contributed by atoms with E-state index in [1.54, 1.807) is 12.3 Å². The lowest BCUT2D eigenvalue weighted by atomic mass is 10.5. The summed E-state index contributed by atoms with van der Waals surface area (Å²) in [6, 6.07) is 3.62. The summed E-state index contributed by atoms with van der Waals surface area (Å²) in [5.74, 6) is 0.236. The molecule has 0 saturated heterocycles. The summed E-state index contributed by atoms with van der Waals surface area (Å²) in [5.41, 5.74) is 0.763. The van der Waals surface area contributed by atoms with Crippen LogP contribution in [0.3, 0.4) is 0 Å². The third kappa shape index (κ3) is 1.82. The van der Waals surface area contributed by atoms with Crippen LogP contribution in [-0.2, 0) is 10.8 Å². The van der Waals surface area contributed by atoms with Crippen LogP contribution in [0.1, 0.15) is 0 Å². The van der Waals surface area contributed by atoms with E-state index >= 15 is 0 Å². The third-order valence-corrected chi connectivity index (χ3v) is 4.23. The van der Waals surface area contributed by atoms with E-state index in [-0.39, 0.29) is 12.4 Å². The lowest BCUT2D eigenvalue weighted by molar-refractivity contribution is 0.321. The van der Waals surface area contributed by atoms with Gasteiger partial charge in [0, 0.05) is 6.20 Å². The molecular weight excluding hydrogens is 220 g/mol. The van der Waals surface area contributed by atoms with Crippen LogP contribution in [0.5, 0.6) is 0 Å². The fourth-order valence-electron chi connectivity index (χ4n) is 1.02. The van der Waals surface area contributed by atoms with Gasteiger partial charge in [0.2, 0.25) is 0 Å². The lowest BCUT2D eigenvalue weighted by Crippen LogP contribution is -2.01. The van der Waals surface area contributed by atoms with E-state index in [9.17, 15) is 4.21 Å². The average molecular weight is 228 g/mol. The number of rotatable bonds is 3. The minimum atomic E-state index is -1.20. The number of thiazole rings is 1. The highest BCUT2D eigenvalue weighted by molar-refractivity contribution is 7.87. The zero-order valence-electron chi connectivity index (χ0n) is 7.21. The van der Waals surface area contributed by atoms with Crippen LogP contribution < -0.4 is 0 Å². The van der Waals surface area contributed by atoms with E-state index in [1.165, 1.54) is 11.3 Å². The van der Waals surface area contributed by atoms with Gasteiger partial charge < -0.3 is 5.11 Å². The summed E-state index contributed by atoms with van der Waals surface area (Å²) in [5, 5.41) is 8.64. The van der Waals surface area contributed by atoms with Gasteiger partial charge in [-0.05, 0) is 12.1 Å². The monoisotopic (exact) mass is 228 g/mol. The largest absolute Gasteiger partial charge is 0.395 e. The predicted molar refractivity (Wildman–Crippen MR) is 55.8 cm³/mol. The molecule has 0 radical (unpaired) electrons. The van der Waals surface area contributed by atoms with Crippen LogP contribution in [0, 0.1) is 0 Å². The van der Waals surface area contributed by atoms with Gasteiger partial charge in [0.25, 0.3) is 0 Å². The molecule has 0 amide bonds. The van der Waals surface area contributed by atoms with Gasteiger partial charge >= 0.3 is 0 Å². The molecule has 14 heavy (non-hydrogen) atoms. The maximum absolute atomic E-state index is 11.5. The number of hydrogen-bond acceptors (Lipinski definition) is 5. The van der Waals surface area contributed by atoms with Crippen molar-refractivity contribution in [3.05, 3.63) is 18.3 Å². The molecule has 1 unspecified atom stereocenters. The number of aliphatic hydroxyl groups is 1. The van der Waals surface area contributed by atoms with Gasteiger partial charge in [-0.2, -0.15) is 0 Å². The minimum Gasteiger partial charge on any atom is -0.395 e. The summed E-state index contributed by atoms with van der Waals surface area (Å²) < 4.78 is 12.0. The molecule has 2 rings (SSSR count). The molecule has 0 fully saturated rings. The maximum atomic E-state index is 11.5. The van der Waals surface area contributed by atoms with Crippen LogP contribution >= 0.6 is 11.3 Å². The Morgan fingerprint density at radius 1 is 1.57 bits per heavy atom. The van der Waals surface area contributed by atoms with Gasteiger partial charge in [-0.25, -0.2) is 9.97 Å². The van der Waals surface area contributed by atoms with Crippen LogP contribution in [0.15, 0.2) is 22.7 Å². The van der Waals surface area contributed by atoms with Crippen molar-refractivity contribution in [3.63, 3.8) is 0 Å². The first kappa shape index (κ1) is 9.70. The molecule has 2 heterocycles. The summed E-state index contributed by atoms with van der Waals surface area (Å²) >= 11 is 1.31. The average Bonchev–Trinajstić information content (AvgIpc) is 2.61. The van der Waals surface area contributed by atoms with Crippen LogP contribution in [-0.4, -0.2) is 31.6 Å². The van der Waals surface area contributed by atoms with E-state index in [2.05, 4.69) is 9.97 Å². The molecule has 1 N–H and O–H groups in total. The van der Waals surface area contributed by atoms with Gasteiger partial charge in [-0.1, -0.05) is 11.3 Å². The Kier molecular flexibility index (Phi) is 2.85. The first-order chi connectivity index (χ1) is 6.81. The topological polar surface area (TPSA) is 63.1 Å². The van der Waals surface area contributed by atoms with E-state index in [0.29, 0.717) is 4.34 Å². The van der Waals surface area contributed by atoms with Gasteiger partial charge in [0.15, 0.2) is 4.34 Å². The summed E-state index contributed by atoms with van der Waals surface area (Å²) in [6.07, 6.45) is 1.68. The van der Waals surface area contributed by atoms with Crippen LogP contribution in [0.4, 0.5) is 0 Å². The highest BCUT2D eigenvalue weighted by Gasteiger charge is 2.09. The Labute approximate surface area is 87.1 Å². The molecule has 1 atom stereocenters. The molecular formula is C8H8N2O2S2. The summed E-state index contributed by atoms with van der Waals surface area (Å²) in [6.45, 7) is -0.0873. The fraction of sp³-hybridized carbons (Fsp3) is 0.250. The molecule has 0 aliphatic carbocycles. The number of aliphatic hydroxyl groups excluding tert-OH is 1. The molecule has 0 aliphatic rings. The van der Waals surface area contributed by atoms with E-state index in [1.807, 2.05) is 6.07 Å². The Morgan fingerprint density at radius 2 is 2.43 bits per heavy atom. The fourth-order valence-corrected chi connectivity index (χ4v) is 3.06. The maximum Gasteiger partial charge on any atom is 0.183 e. The van der Waals surface area contributed by atoms with Crippen molar-refractivity contribution in [1.82, 2.24) is 9.97 Å². The van der Waals surface area contributed by atoms with Crippen molar-refractivity contribution in [1.29, 1.82) is 0 Å². The Hall–Kier alpha value is -0.850. The van der Waals surface area contributed by atoms with Gasteiger partial charge in [0.1, 0.15) is 10.3 Å². The van der Waals surface area contributed by atoms with Crippen molar-refractivity contribution in [3.8, 4) is 0 Å². The number of hydrogen-bond donors (Lipinski definition) is 1. The number of pyridine rings is 1. The summed E-state index contributed by atoms with van der Waals surface area (Å²) in [7, 11) is -1.20. The number of aromatic nitrogens is 2. The Morgan fingerprint density at radius 3 is 3.14 bits per heavy atom. The quantitative estimate of drug-likeness (QED) is 0.843. The second-order valence-electron chi connectivity index (χ2n) is 2.58. The van der Waals surface area contributed by atoms with E-state index < -0.39 is 10.8 Å². The first-order valence-corrected chi connectivity index (χ1v) is 6.15. The lowest BCUT2D eigenvalue weighted by Gasteiger charge is -1.90. The molecule has 0 saturated carbocycles. The standard InChI is InChI=1S/C8H8N2O2S2/c11-4-5-14(12)8-10-6-2-1-3-9-7(6)13-8/h1-3,11H,4-5H2. The number of fused-ring (bicyclic) bond motifs is 1. The zero-order valence-corrected chi connectivity index (χ0v) is 8.85. The third-order valence-electron chi connectivity index (χ3n) is 1.62. The highest BCUT2D eigenvalue weighted by atomic mass is 32.2. The molecule has 0 aliphatic heterocycles. The highest BCUT2D eigenvalue weighted by Crippen LogP contribution is 2.21. The SMILES string of the molecule is O=S(CCO)c1nc2cccnc2s1. The Bertz CT molecular complexity index is 436. The van der Waals surface area contributed by atoms with Gasteiger partial charge in [-0.15, -0.1) is 0 Å². The molecule has 2 aromatic rings. The molecule has 0 bridgehead atoms. The van der Waals surface area contributed by atoms with Crippen molar-refractivity contribution < 1.29 is 9.32 Å². The molecule has 2 aromatic heterocycles. The van der Waals surface area contributed by atoms with E-state index in [0.717, 1.165) is 10.3 Å². The second-order valence-corrected chi connectivity index (χ2v) is 5.30. The normalized spacial score (nSPS) is 13.2. The minimum absolute atomic E-state index is 0.0873. The van der Waals surface area contributed by atoms with E-state index in [4.69, 9.17) is 5.11 Å². The Balaban J connectivity index is 2.40. The predicted octanol–water partition coefficient (Wildman–Crippen LogP) is 0.791. The van der Waals surface area contributed by atoms with Gasteiger partial charge in [0.05, 0.1) is 23.2 Å². The van der Waals surface area contributed by atoms with Crippen LogP contribution in [0.25, 0.3) is 10.3 Å². The smallest absolute Gasteiger partial charge is 0.183 e. The molecule has 74 valence electrons. The second kappa shape index (κ2) is 4.12. The molecule has 4 nitrogen and oxygen atoms in total. The molecule has 0 aromatic carbocycles. The van der Waals surface area contributed by atoms with Crippen LogP contribution in [0.2, 0.25) is 0 Å². The van der Waals surface area contributed by atoms with Crippen molar-refractivity contribution in [2.75, 3.05) is 12.4 Å². The van der Waals surface area contributed by atoms with Gasteiger partial charge in [-0.3, -0.25) is 4.21 Å². The van der Waals surface area contributed by atoms with Crippen molar-refractivity contribution >= 4 is 32.5 Å². The molecule has 0 spiro atoms. The first-order valence-electron chi connectivity index (χ1n) is 4.02. The number of nitrogens with zero attached hydrogens (tertiary/aromatic N) is 2.